The van der Waals surface area contributed by atoms with Crippen LogP contribution < -0.4 is 20.9 Å². The minimum atomic E-state index is -0.504. The van der Waals surface area contributed by atoms with Crippen LogP contribution in [0.2, 0.25) is 0 Å². The van der Waals surface area contributed by atoms with Crippen molar-refractivity contribution in [2.24, 2.45) is 11.5 Å². The van der Waals surface area contributed by atoms with Gasteiger partial charge in [-0.2, -0.15) is 0 Å². The van der Waals surface area contributed by atoms with Gasteiger partial charge in [-0.1, -0.05) is 0 Å². The van der Waals surface area contributed by atoms with Crippen molar-refractivity contribution in [3.8, 4) is 11.5 Å². The van der Waals surface area contributed by atoms with Crippen molar-refractivity contribution in [2.45, 2.75) is 12.5 Å². The van der Waals surface area contributed by atoms with Gasteiger partial charge < -0.3 is 20.9 Å². The molecule has 7 heteroatoms. The summed E-state index contributed by atoms with van der Waals surface area (Å²) in [5, 5.41) is 11.0. The lowest BCUT2D eigenvalue weighted by molar-refractivity contribution is -0.385. The van der Waals surface area contributed by atoms with Gasteiger partial charge in [-0.05, 0) is 19.0 Å². The maximum atomic E-state index is 11.0. The van der Waals surface area contributed by atoms with E-state index in [9.17, 15) is 10.1 Å². The molecule has 0 fully saturated rings. The average Bonchev–Trinajstić information content (AvgIpc) is 2.37. The third kappa shape index (κ3) is 2.88. The van der Waals surface area contributed by atoms with Crippen LogP contribution in [0.3, 0.4) is 0 Å². The van der Waals surface area contributed by atoms with Gasteiger partial charge in [-0.15, -0.1) is 0 Å². The Kier molecular flexibility index (Phi) is 4.87. The summed E-state index contributed by atoms with van der Waals surface area (Å²) in [6.07, 6.45) is 0.455. The first kappa shape index (κ1) is 14.2. The lowest BCUT2D eigenvalue weighted by Gasteiger charge is -2.14. The van der Waals surface area contributed by atoms with Crippen LogP contribution in [0.4, 0.5) is 5.69 Å². The summed E-state index contributed by atoms with van der Waals surface area (Å²) in [6, 6.07) is 2.33. The molecule has 18 heavy (non-hydrogen) atoms. The van der Waals surface area contributed by atoms with E-state index in [0.717, 1.165) is 0 Å². The van der Waals surface area contributed by atoms with E-state index in [1.165, 1.54) is 26.4 Å². The Balaban J connectivity index is 3.33. The number of rotatable bonds is 6. The molecule has 4 N–H and O–H groups in total. The summed E-state index contributed by atoms with van der Waals surface area (Å²) in [6.45, 7) is 0.354. The maximum Gasteiger partial charge on any atom is 0.278 e. The molecule has 0 aromatic heterocycles. The number of nitrogens with zero attached hydrogens (tertiary/aromatic N) is 1. The van der Waals surface area contributed by atoms with Crippen molar-refractivity contribution < 1.29 is 14.4 Å². The van der Waals surface area contributed by atoms with Gasteiger partial charge >= 0.3 is 0 Å². The second kappa shape index (κ2) is 6.18. The van der Waals surface area contributed by atoms with Crippen molar-refractivity contribution in [1.29, 1.82) is 0 Å². The molecule has 0 aliphatic rings. The van der Waals surface area contributed by atoms with Gasteiger partial charge in [-0.3, -0.25) is 10.1 Å². The normalized spacial score (nSPS) is 12.0. The van der Waals surface area contributed by atoms with Gasteiger partial charge in [0.1, 0.15) is 0 Å². The number of nitro groups is 1. The fourth-order valence-corrected chi connectivity index (χ4v) is 1.67. The molecule has 0 radical (unpaired) electrons. The van der Waals surface area contributed by atoms with Crippen LogP contribution in [0.25, 0.3) is 0 Å². The molecular formula is C11H17N3O4. The molecule has 0 unspecified atom stereocenters. The molecule has 0 aliphatic carbocycles. The van der Waals surface area contributed by atoms with Gasteiger partial charge in [0, 0.05) is 6.04 Å². The van der Waals surface area contributed by atoms with Crippen molar-refractivity contribution in [1.82, 2.24) is 0 Å². The van der Waals surface area contributed by atoms with Gasteiger partial charge in [0.05, 0.1) is 30.8 Å². The van der Waals surface area contributed by atoms with E-state index in [2.05, 4.69) is 0 Å². The van der Waals surface area contributed by atoms with E-state index < -0.39 is 11.0 Å². The van der Waals surface area contributed by atoms with Crippen molar-refractivity contribution in [3.63, 3.8) is 0 Å². The van der Waals surface area contributed by atoms with Crippen molar-refractivity contribution in [3.05, 3.63) is 27.8 Å². The lowest BCUT2D eigenvalue weighted by Crippen LogP contribution is -2.17. The molecule has 0 heterocycles. The number of nitrogens with two attached hydrogens (primary N) is 2. The molecular weight excluding hydrogens is 238 g/mol. The third-order valence-corrected chi connectivity index (χ3v) is 2.61. The Morgan fingerprint density at radius 3 is 2.33 bits per heavy atom. The third-order valence-electron chi connectivity index (χ3n) is 2.61. The maximum absolute atomic E-state index is 11.0. The largest absolute Gasteiger partial charge is 0.493 e. The molecule has 0 spiro atoms. The highest BCUT2D eigenvalue weighted by molar-refractivity contribution is 5.55. The zero-order valence-electron chi connectivity index (χ0n) is 10.4. The number of hydrogen-bond donors (Lipinski definition) is 2. The molecule has 100 valence electrons. The van der Waals surface area contributed by atoms with Gasteiger partial charge in [0.15, 0.2) is 11.5 Å². The first-order valence-corrected chi connectivity index (χ1v) is 5.41. The summed E-state index contributed by atoms with van der Waals surface area (Å²) in [5.74, 6) is 0.707. The van der Waals surface area contributed by atoms with Crippen LogP contribution in [0.5, 0.6) is 11.5 Å². The first-order valence-electron chi connectivity index (χ1n) is 5.41. The Morgan fingerprint density at radius 2 is 1.89 bits per heavy atom. The predicted molar refractivity (Wildman–Crippen MR) is 66.8 cm³/mol. The van der Waals surface area contributed by atoms with E-state index in [1.54, 1.807) is 0 Å². The van der Waals surface area contributed by atoms with Crippen LogP contribution in [0.15, 0.2) is 12.1 Å². The van der Waals surface area contributed by atoms with Crippen molar-refractivity contribution >= 4 is 5.69 Å². The minimum Gasteiger partial charge on any atom is -0.493 e. The number of ether oxygens (including phenoxy) is 2. The highest BCUT2D eigenvalue weighted by atomic mass is 16.6. The average molecular weight is 255 g/mol. The van der Waals surface area contributed by atoms with Gasteiger partial charge in [0.25, 0.3) is 5.69 Å². The Hall–Kier alpha value is -1.86. The second-order valence-electron chi connectivity index (χ2n) is 3.71. The Labute approximate surface area is 105 Å². The standard InChI is InChI=1S/C11H17N3O4/c1-17-10-5-7(8(13)3-4-12)9(14(15)16)6-11(10)18-2/h5-6,8H,3-4,12-13H2,1-2H3/t8-/m0/s1. The molecule has 1 aromatic rings. The summed E-state index contributed by atoms with van der Waals surface area (Å²) in [4.78, 5) is 10.5. The summed E-state index contributed by atoms with van der Waals surface area (Å²) in [5.41, 5.74) is 11.6. The molecule has 1 rings (SSSR count). The molecule has 1 aromatic carbocycles. The number of hydrogen-bond acceptors (Lipinski definition) is 6. The van der Waals surface area contributed by atoms with Gasteiger partial charge in [-0.25, -0.2) is 0 Å². The fraction of sp³-hybridized carbons (Fsp3) is 0.455. The van der Waals surface area contributed by atoms with Crippen LogP contribution in [-0.4, -0.2) is 25.7 Å². The zero-order valence-corrected chi connectivity index (χ0v) is 10.4. The molecule has 0 aliphatic heterocycles. The summed E-state index contributed by atoms with van der Waals surface area (Å²) >= 11 is 0. The minimum absolute atomic E-state index is 0.0893. The molecule has 1 atom stereocenters. The van der Waals surface area contributed by atoms with Crippen LogP contribution >= 0.6 is 0 Å². The highest BCUT2D eigenvalue weighted by Crippen LogP contribution is 2.37. The summed E-state index contributed by atoms with van der Waals surface area (Å²) in [7, 11) is 2.88. The fourth-order valence-electron chi connectivity index (χ4n) is 1.67. The first-order chi connectivity index (χ1) is 8.54. The van der Waals surface area contributed by atoms with E-state index in [1.807, 2.05) is 0 Å². The van der Waals surface area contributed by atoms with E-state index in [-0.39, 0.29) is 5.69 Å². The molecule has 0 bridgehead atoms. The molecule has 0 saturated carbocycles. The van der Waals surface area contributed by atoms with E-state index >= 15 is 0 Å². The molecule has 0 saturated heterocycles. The van der Waals surface area contributed by atoms with E-state index in [0.29, 0.717) is 30.0 Å². The lowest BCUT2D eigenvalue weighted by atomic mass is 10.0. The SMILES string of the molecule is COc1cc([C@@H](N)CCN)c([N+](=O)[O-])cc1OC. The summed E-state index contributed by atoms with van der Waals surface area (Å²) < 4.78 is 10.1. The highest BCUT2D eigenvalue weighted by Gasteiger charge is 2.23. The zero-order chi connectivity index (χ0) is 13.7. The van der Waals surface area contributed by atoms with Crippen LogP contribution in [-0.2, 0) is 0 Å². The molecule has 0 amide bonds. The number of nitro benzene ring substituents is 1. The van der Waals surface area contributed by atoms with Crippen molar-refractivity contribution in [2.75, 3.05) is 20.8 Å². The molecule has 7 nitrogen and oxygen atoms in total. The smallest absolute Gasteiger partial charge is 0.278 e. The van der Waals surface area contributed by atoms with Crippen LogP contribution in [0, 0.1) is 10.1 Å². The predicted octanol–water partition coefficient (Wildman–Crippen LogP) is 0.961. The number of benzene rings is 1. The van der Waals surface area contributed by atoms with Gasteiger partial charge in [0.2, 0.25) is 0 Å². The monoisotopic (exact) mass is 255 g/mol. The van der Waals surface area contributed by atoms with Crippen LogP contribution in [0.1, 0.15) is 18.0 Å². The Bertz CT molecular complexity index is 437. The number of methoxy groups -OCH3 is 2. The van der Waals surface area contributed by atoms with E-state index in [4.69, 9.17) is 20.9 Å². The Morgan fingerprint density at radius 1 is 1.33 bits per heavy atom. The topological polar surface area (TPSA) is 114 Å². The quantitative estimate of drug-likeness (QED) is 0.578. The second-order valence-corrected chi connectivity index (χ2v) is 3.71.